The molecule has 8 heterocycles. The van der Waals surface area contributed by atoms with Gasteiger partial charge in [-0.1, -0.05) is 145 Å². The van der Waals surface area contributed by atoms with E-state index < -0.39 is 10.8 Å². The normalized spacial score (nSPS) is 26.8. The van der Waals surface area contributed by atoms with Crippen molar-refractivity contribution in [2.24, 2.45) is 45.3 Å². The fourth-order valence-electron chi connectivity index (χ4n) is 17.7. The lowest BCUT2D eigenvalue weighted by Crippen LogP contribution is -2.28. The smallest absolute Gasteiger partial charge is 0.228 e. The second-order valence-electron chi connectivity index (χ2n) is 33.9. The Morgan fingerprint density at radius 1 is 0.452 bits per heavy atom. The van der Waals surface area contributed by atoms with Crippen LogP contribution < -0.4 is 21.3 Å². The van der Waals surface area contributed by atoms with Crippen molar-refractivity contribution in [2.45, 2.75) is 164 Å². The summed E-state index contributed by atoms with van der Waals surface area (Å²) in [5, 5.41) is 14.0. The quantitative estimate of drug-likeness (QED) is 0.100. The van der Waals surface area contributed by atoms with Crippen LogP contribution in [0.25, 0.3) is 90.9 Å². The van der Waals surface area contributed by atoms with E-state index in [1.165, 1.54) is 5.56 Å². The molecule has 474 valence electrons. The number of nitrogens with zero attached hydrogens (tertiary/aromatic N) is 2. The summed E-state index contributed by atoms with van der Waals surface area (Å²) in [5.41, 5.74) is 16.6. The number of aromatic amines is 2. The predicted molar refractivity (Wildman–Crippen MR) is 377 cm³/mol. The van der Waals surface area contributed by atoms with E-state index in [1.54, 1.807) is 0 Å². The van der Waals surface area contributed by atoms with Gasteiger partial charge in [-0.2, -0.15) is 0 Å². The average molecular weight is 1240 g/mol. The lowest BCUT2D eigenvalue weighted by molar-refractivity contribution is -0.119. The van der Waals surface area contributed by atoms with Gasteiger partial charge in [0.15, 0.2) is 0 Å². The minimum Gasteiger partial charge on any atom is -0.354 e. The van der Waals surface area contributed by atoms with Gasteiger partial charge in [-0.05, 0) is 194 Å². The number of carbonyl (C=O) groups excluding carboxylic acids is 4. The largest absolute Gasteiger partial charge is 0.354 e. The molecule has 4 fully saturated rings. The number of nitrogens with one attached hydrogen (secondary N) is 6. The van der Waals surface area contributed by atoms with Gasteiger partial charge in [0, 0.05) is 79.1 Å². The number of aromatic nitrogens is 4. The SMILES string of the molecule is CC(C)(C)c1cc2cc(c1)C(C)(C)CC1(C)C[C@@H]1C(=O)Nc1cccc3c1-c1c4nc(c-2c2ccc([nH]2)c2c5nc(c(c6ccc1[nH]6)-c1cc(cc(c1)C(C)(C)CC1(C)C[C@H]1C(=O)N3)C(C)(C)CC1(C)C[C@@H]1C(=O)Nc1cccc(NC(=O)[C@@H]3CC3(C)C)c1-2)C=C5)C=C4. The maximum atomic E-state index is 15.3. The van der Waals surface area contributed by atoms with Gasteiger partial charge in [0.05, 0.1) is 45.5 Å². The maximum absolute atomic E-state index is 15.3. The topological polar surface area (TPSA) is 174 Å². The Balaban J connectivity index is 1.11. The third kappa shape index (κ3) is 9.79. The zero-order valence-electron chi connectivity index (χ0n) is 56.3. The van der Waals surface area contributed by atoms with Crippen LogP contribution in [0.4, 0.5) is 22.7 Å². The van der Waals surface area contributed by atoms with Crippen LogP contribution in [0.1, 0.15) is 187 Å². The minimum atomic E-state index is -0.415. The lowest BCUT2D eigenvalue weighted by atomic mass is 9.70. The number of amides is 4. The molecular weight excluding hydrogens is 1150 g/mol. The molecule has 3 unspecified atom stereocenters. The molecule has 12 heteroatoms. The predicted octanol–water partition coefficient (Wildman–Crippen LogP) is 18.5. The number of hydrogen-bond acceptors (Lipinski definition) is 6. The van der Waals surface area contributed by atoms with Gasteiger partial charge in [-0.3, -0.25) is 19.2 Å². The Morgan fingerprint density at radius 2 is 0.817 bits per heavy atom. The van der Waals surface area contributed by atoms with Crippen LogP contribution in [0.2, 0.25) is 0 Å². The van der Waals surface area contributed by atoms with E-state index in [9.17, 15) is 4.79 Å². The van der Waals surface area contributed by atoms with Crippen LogP contribution >= 0.6 is 0 Å². The van der Waals surface area contributed by atoms with Crippen molar-refractivity contribution in [1.29, 1.82) is 0 Å². The Bertz CT molecular complexity index is 4750. The number of rotatable bonds is 2. The second kappa shape index (κ2) is 19.5. The number of fused-ring (bicyclic) bond motifs is 14. The van der Waals surface area contributed by atoms with Crippen molar-refractivity contribution in [2.75, 3.05) is 21.3 Å². The van der Waals surface area contributed by atoms with Crippen LogP contribution in [-0.2, 0) is 40.8 Å². The first-order valence-electron chi connectivity index (χ1n) is 33.8. The highest BCUT2D eigenvalue weighted by Crippen LogP contribution is 2.63. The molecule has 4 aromatic carbocycles. The number of benzene rings is 4. The van der Waals surface area contributed by atoms with Crippen LogP contribution in [0, 0.1) is 45.3 Å². The number of carbonyl (C=O) groups is 4. The average Bonchev–Trinajstić information content (AvgIpc) is 1.63. The fraction of sp³-hybridized carbons (Fsp3) is 0.407. The monoisotopic (exact) mass is 1230 g/mol. The van der Waals surface area contributed by atoms with E-state index >= 15 is 14.4 Å². The second-order valence-corrected chi connectivity index (χ2v) is 33.9. The molecule has 6 N–H and O–H groups in total. The van der Waals surface area contributed by atoms with Crippen molar-refractivity contribution in [3.63, 3.8) is 0 Å². The van der Waals surface area contributed by atoms with Gasteiger partial charge in [0.2, 0.25) is 23.6 Å². The molecule has 93 heavy (non-hydrogen) atoms. The first kappa shape index (κ1) is 59.4. The summed E-state index contributed by atoms with van der Waals surface area (Å²) in [5.74, 6) is -1.22. The molecule has 7 aromatic rings. The summed E-state index contributed by atoms with van der Waals surface area (Å²) in [4.78, 5) is 80.4. The Morgan fingerprint density at radius 3 is 1.24 bits per heavy atom. The van der Waals surface area contributed by atoms with Crippen LogP contribution in [0.5, 0.6) is 0 Å². The Kier molecular flexibility index (Phi) is 12.4. The molecule has 3 aromatic heterocycles. The molecule has 4 aliphatic carbocycles. The van der Waals surface area contributed by atoms with E-state index in [0.717, 1.165) is 112 Å². The molecule has 5 aliphatic heterocycles. The summed E-state index contributed by atoms with van der Waals surface area (Å²) in [6.45, 7) is 31.8. The van der Waals surface area contributed by atoms with Crippen molar-refractivity contribution >= 4 is 92.7 Å². The van der Waals surface area contributed by atoms with Crippen molar-refractivity contribution in [1.82, 2.24) is 19.9 Å². The molecule has 4 saturated carbocycles. The van der Waals surface area contributed by atoms with E-state index in [-0.39, 0.29) is 79.8 Å². The zero-order chi connectivity index (χ0) is 65.2. The van der Waals surface area contributed by atoms with Crippen molar-refractivity contribution in [3.05, 3.63) is 142 Å². The lowest BCUT2D eigenvalue weighted by Gasteiger charge is -2.34. The van der Waals surface area contributed by atoms with E-state index in [4.69, 9.17) is 9.97 Å². The third-order valence-corrected chi connectivity index (χ3v) is 23.4. The summed E-state index contributed by atoms with van der Waals surface area (Å²) >= 11 is 0. The molecular formula is C81H86N8O4. The number of H-pyrrole nitrogens is 2. The van der Waals surface area contributed by atoms with Crippen LogP contribution in [-0.4, -0.2) is 43.6 Å². The molecule has 0 saturated heterocycles. The van der Waals surface area contributed by atoms with Gasteiger partial charge in [0.1, 0.15) is 0 Å². The van der Waals surface area contributed by atoms with Gasteiger partial charge < -0.3 is 31.2 Å². The molecule has 17 bridgehead atoms. The summed E-state index contributed by atoms with van der Waals surface area (Å²) in [6.07, 6.45) is 13.6. The Labute approximate surface area is 545 Å². The molecule has 7 atom stereocenters. The van der Waals surface area contributed by atoms with Gasteiger partial charge in [0.25, 0.3) is 0 Å². The molecule has 4 amide bonds. The van der Waals surface area contributed by atoms with Crippen LogP contribution in [0.3, 0.4) is 0 Å². The molecule has 9 aliphatic rings. The fourth-order valence-corrected chi connectivity index (χ4v) is 17.7. The summed E-state index contributed by atoms with van der Waals surface area (Å²) in [6, 6.07) is 34.4. The van der Waals surface area contributed by atoms with E-state index in [0.29, 0.717) is 62.1 Å². The molecule has 0 radical (unpaired) electrons. The molecule has 0 spiro atoms. The van der Waals surface area contributed by atoms with Crippen LogP contribution in [0.15, 0.2) is 97.1 Å². The molecule has 16 rings (SSSR count). The first-order valence-corrected chi connectivity index (χ1v) is 33.8. The third-order valence-electron chi connectivity index (χ3n) is 23.4. The van der Waals surface area contributed by atoms with Crippen molar-refractivity contribution < 1.29 is 19.2 Å². The summed E-state index contributed by atoms with van der Waals surface area (Å²) < 4.78 is 0. The van der Waals surface area contributed by atoms with E-state index in [1.807, 2.05) is 36.4 Å². The minimum absolute atomic E-state index is 0.0456. The number of anilines is 4. The standard InChI is InChI=1S/C81H86N8O4/c1-74(2,3)44-29-42-30-45(33-44)76(6,7)39-79(12)36-49(79)71(91)88-54-19-16-20-55-67(54)69-62-26-22-57(83-62)64(42)56-21-25-60(82-56)68-61-27-23-58(84-61)65(59-24-28-63(69)85-59)43-31-46(34-47(32-43)78(10,11)41-81(14)38-51(81)73(93)89-55)77(8,9)40-80(13)37-50(80)72(92)87-53-18-15-17-52(66(53)68)86-70(90)48-35-75(48,4)5/h15-34,48-51,82,85H,35-41H2,1-14H3,(H,86,90)(H,87,92)(H,88,91)(H,89,93)/t48-,49+,50+,51-,79?,80?,81?/m0/s1. The summed E-state index contributed by atoms with van der Waals surface area (Å²) in [7, 11) is 0. The first-order chi connectivity index (χ1) is 43.8. The van der Waals surface area contributed by atoms with Gasteiger partial charge in [-0.25, -0.2) is 9.97 Å². The highest BCUT2D eigenvalue weighted by molar-refractivity contribution is 6.12. The van der Waals surface area contributed by atoms with Gasteiger partial charge >= 0.3 is 0 Å². The van der Waals surface area contributed by atoms with Crippen molar-refractivity contribution in [3.8, 4) is 44.5 Å². The van der Waals surface area contributed by atoms with E-state index in [2.05, 4.69) is 213 Å². The Hall–Kier alpha value is -8.64. The highest BCUT2D eigenvalue weighted by atomic mass is 16.2. The highest BCUT2D eigenvalue weighted by Gasteiger charge is 2.59. The molecule has 12 nitrogen and oxygen atoms in total. The maximum Gasteiger partial charge on any atom is 0.228 e. The zero-order valence-corrected chi connectivity index (χ0v) is 56.3. The van der Waals surface area contributed by atoms with Gasteiger partial charge in [-0.15, -0.1) is 0 Å². The number of hydrogen-bond donors (Lipinski definition) is 6.